The van der Waals surface area contributed by atoms with Crippen molar-refractivity contribution in [3.8, 4) is 78.4 Å². The summed E-state index contributed by atoms with van der Waals surface area (Å²) in [6.45, 7) is 52.9. The van der Waals surface area contributed by atoms with Crippen molar-refractivity contribution in [3.63, 3.8) is 0 Å². The Kier molecular flexibility index (Phi) is 20.5. The third-order valence-electron chi connectivity index (χ3n) is 29.2. The van der Waals surface area contributed by atoms with E-state index in [0.29, 0.717) is 45.3 Å². The Labute approximate surface area is 939 Å². The molecule has 0 bridgehead atoms. The van der Waals surface area contributed by atoms with Crippen LogP contribution in [0.25, 0.3) is 122 Å². The van der Waals surface area contributed by atoms with Gasteiger partial charge < -0.3 is 28.7 Å². The smallest absolute Gasteiger partial charge is 0.135 e. The second-order valence-corrected chi connectivity index (χ2v) is 43.8. The van der Waals surface area contributed by atoms with Crippen molar-refractivity contribution in [3.05, 3.63) is 466 Å². The maximum Gasteiger partial charge on any atom is 0.135 e. The Morgan fingerprint density at radius 3 is 1.04 bits per heavy atom. The summed E-state index contributed by atoms with van der Waals surface area (Å²) in [6.07, 6.45) is 3.74. The maximum absolute atomic E-state index is 9.68. The summed E-state index contributed by atoms with van der Waals surface area (Å²) in [5.41, 5.74) is 19.6. The largest absolute Gasteiger partial charge is 0.493 e. The first-order chi connectivity index (χ1) is 79.7. The Balaban J connectivity index is 0.000000210. The average Bonchev–Trinajstić information content (AvgIpc) is 1.59. The minimum Gasteiger partial charge on any atom is -0.493 e. The normalized spacial score (nSPS) is 15.2. The van der Waals surface area contributed by atoms with Crippen molar-refractivity contribution in [2.24, 2.45) is 0 Å². The zero-order chi connectivity index (χ0) is 123. The monoisotopic (exact) mass is 2310 g/mol. The number of nitrogens with zero attached hydrogens (tertiary/aromatic N) is 8. The Morgan fingerprint density at radius 1 is 0.284 bits per heavy atom. The van der Waals surface area contributed by atoms with Crippen molar-refractivity contribution >= 4 is 89.1 Å². The fraction of sp³-hybridized carbons (Fsp3) is 0.217. The molecule has 0 radical (unpaired) electrons. The molecule has 0 fully saturated rings. The minimum absolute atomic E-state index is 0. The number of benzene rings is 16. The fourth-order valence-electron chi connectivity index (χ4n) is 21.9. The summed E-state index contributed by atoms with van der Waals surface area (Å²) in [5, 5.41) is 4.23. The molecule has 0 aliphatic carbocycles. The summed E-state index contributed by atoms with van der Waals surface area (Å²) in [6, 6.07) is 64.3. The number of anilines is 8. The van der Waals surface area contributed by atoms with Gasteiger partial charge in [0.25, 0.3) is 0 Å². The molecule has 748 valence electrons. The van der Waals surface area contributed by atoms with Crippen LogP contribution in [-0.2, 0) is 74.6 Å². The number of hydrogen-bond donors (Lipinski definition) is 0. The molecule has 10 heteroatoms. The van der Waals surface area contributed by atoms with Gasteiger partial charge in [-0.2, -0.15) is 88.5 Å². The quantitative estimate of drug-likeness (QED) is 0.0899. The number of pyridine rings is 2. The van der Waals surface area contributed by atoms with Crippen LogP contribution in [0.1, 0.15) is 233 Å². The molecule has 6 heterocycles. The van der Waals surface area contributed by atoms with E-state index in [4.69, 9.17) is 30.5 Å². The molecule has 0 atom stereocenters. The summed E-state index contributed by atoms with van der Waals surface area (Å²) in [7, 11) is 0. The molecule has 22 rings (SSSR count). The SMILES string of the molecule is [2H]c1c([2H])c([2H])c(-c2c(C)c(-c3c([2H])c([2H])c([2H])c([2H])c3C)c(C)c(-c3c([2H])c([2H])c([2H])c([2H])c3[2H])c2N2[CH-]N(c3[c-]c(C(C)(C)c4[c-]c5c(cc4)c4ccccc4n5-c4cc(C(C)(C)C)ccn4)cc(-c4c(C)cc(C)cc4C)c3)c3ccccc32)c([2H])c1[2H].[2H]c1c([2H])c([2H])c(-c2c(C)c(C(C)(C)C)c(C)c(-c3c([2H])c([2H])c([2H])c([2H])c3[2H])c2N2[CH-]N(c3[c-]c(C(C)(C)c4[c-]c5c(cc4)c4ccccc4n5-c4cc(C(C)(C)C)ccn4)cc(C(C)(C)C)c3)c3ccccc32)c([2H])c1[2H].[Pt].[Pt]. The molecular weight excluding hydrogens is 2160 g/mol. The van der Waals surface area contributed by atoms with E-state index in [-0.39, 0.29) is 142 Å². The van der Waals surface area contributed by atoms with Crippen LogP contribution in [0.2, 0.25) is 0 Å². The van der Waals surface area contributed by atoms with Crippen LogP contribution in [-0.4, -0.2) is 19.1 Å². The number of aryl methyl sites for hydroxylation is 3. The van der Waals surface area contributed by atoms with E-state index in [2.05, 4.69) is 266 Å². The molecule has 0 amide bonds. The molecule has 8 nitrogen and oxygen atoms in total. The standard InChI is InChI=1S/C73H65N4.C65H65N4.2Pt/c1-46-38-48(3)67(49(4)39-46)54-40-57(73(10,11)56-34-35-61-60-30-20-21-31-62(60)77(65(61)43-56)66-44-55(36-37-74-66)72(7,8)9)42-58(41-54)75-45-76(64-33-23-22-32-63(64)75)71-69(52-25-14-12-15-26-52)50(5)68(59-29-19-18-24-47(59)2)51(6)70(71)53-27-16-13-17-28-53;1-42-58(44-24-16-14-17-25-44)61(59(45-26-18-15-19-27-45)43(2)60(42)64(9,10)11)68-41-67(54-30-22-23-31-55(54)68)50-37-48(63(6,7)8)36-49(38-50)65(12,13)47-32-33-52-51-28-20-21-29-53(51)69(56(52)39-47)57-40-46(34-35-66-57)62(3,4)5;;/h12-41,44-45H,1-11H3;14-37,40-41H,1-13H3;;/q2*-3;;/i12D,13D,14D,15D,16D,17D,18D,19D,24D,25D,26D,27D,28D,29D;14D,15D,16D,17D,18D,19D,24D,25D,26D,27D;;. The first kappa shape index (κ1) is 76.5. The Hall–Kier alpha value is -14.0. The van der Waals surface area contributed by atoms with Gasteiger partial charge in [-0.15, -0.1) is 53.2 Å². The van der Waals surface area contributed by atoms with Crippen LogP contribution >= 0.6 is 0 Å². The van der Waals surface area contributed by atoms with Gasteiger partial charge in [-0.3, -0.25) is 0 Å². The minimum atomic E-state index is -0.816. The molecule has 4 aromatic heterocycles. The Bertz CT molecular complexity index is 9770. The zero-order valence-corrected chi connectivity index (χ0v) is 92.4. The van der Waals surface area contributed by atoms with Gasteiger partial charge in [0, 0.05) is 122 Å². The second kappa shape index (κ2) is 39.6. The van der Waals surface area contributed by atoms with Crippen LogP contribution in [0, 0.1) is 93.0 Å². The maximum atomic E-state index is 9.68. The first-order valence-corrected chi connectivity index (χ1v) is 49.6. The zero-order valence-electron chi connectivity index (χ0n) is 112. The van der Waals surface area contributed by atoms with Crippen LogP contribution in [0.3, 0.4) is 0 Å². The van der Waals surface area contributed by atoms with E-state index < -0.39 is 155 Å². The van der Waals surface area contributed by atoms with Gasteiger partial charge >= 0.3 is 0 Å². The predicted octanol–water partition coefficient (Wildman–Crippen LogP) is 36.7. The molecule has 0 N–H and O–H groups in total. The molecular formula is C138H130N8Pt2-6. The third-order valence-corrected chi connectivity index (χ3v) is 29.2. The number of rotatable bonds is 16. The van der Waals surface area contributed by atoms with E-state index in [9.17, 15) is 12.3 Å². The molecule has 20 aromatic rings. The third kappa shape index (κ3) is 18.4. The van der Waals surface area contributed by atoms with Crippen molar-refractivity contribution in [2.45, 2.75) is 199 Å². The summed E-state index contributed by atoms with van der Waals surface area (Å²) in [4.78, 5) is 17.5. The molecule has 2 aliphatic rings. The van der Waals surface area contributed by atoms with Crippen molar-refractivity contribution in [1.29, 1.82) is 0 Å². The van der Waals surface area contributed by atoms with E-state index in [1.807, 2.05) is 129 Å². The van der Waals surface area contributed by atoms with Crippen LogP contribution in [0.5, 0.6) is 0 Å². The van der Waals surface area contributed by atoms with Gasteiger partial charge in [-0.25, -0.2) is 9.97 Å². The van der Waals surface area contributed by atoms with Gasteiger partial charge in [0.1, 0.15) is 11.6 Å². The Morgan fingerprint density at radius 2 is 0.642 bits per heavy atom. The molecule has 148 heavy (non-hydrogen) atoms. The fourth-order valence-corrected chi connectivity index (χ4v) is 21.9. The number of hydrogen-bond acceptors (Lipinski definition) is 6. The molecule has 0 unspecified atom stereocenters. The van der Waals surface area contributed by atoms with Crippen molar-refractivity contribution < 1.29 is 75.0 Å². The predicted molar refractivity (Wildman–Crippen MR) is 618 cm³/mol. The van der Waals surface area contributed by atoms with Gasteiger partial charge in [0.2, 0.25) is 0 Å². The first-order valence-electron chi connectivity index (χ1n) is 61.6. The summed E-state index contributed by atoms with van der Waals surface area (Å²) in [5.74, 6) is 1.58. The summed E-state index contributed by atoms with van der Waals surface area (Å²) < 4.78 is 224. The second-order valence-electron chi connectivity index (χ2n) is 43.8. The van der Waals surface area contributed by atoms with Gasteiger partial charge in [-0.05, 0) is 254 Å². The van der Waals surface area contributed by atoms with Gasteiger partial charge in [-0.1, -0.05) is 345 Å². The number of aromatic nitrogens is 4. The topological polar surface area (TPSA) is 48.6 Å². The van der Waals surface area contributed by atoms with Crippen LogP contribution in [0.15, 0.2) is 339 Å². The van der Waals surface area contributed by atoms with E-state index in [0.717, 1.165) is 128 Å². The van der Waals surface area contributed by atoms with Crippen LogP contribution in [0.4, 0.5) is 45.5 Å². The molecule has 0 saturated carbocycles. The summed E-state index contributed by atoms with van der Waals surface area (Å²) >= 11 is 0. The average molecular weight is 2310 g/mol. The molecule has 16 aromatic carbocycles. The number of para-hydroxylation sites is 6. The van der Waals surface area contributed by atoms with Gasteiger partial charge in [0.05, 0.1) is 32.9 Å². The van der Waals surface area contributed by atoms with Crippen LogP contribution < -0.4 is 19.6 Å². The molecule has 2 aliphatic heterocycles. The number of fused-ring (bicyclic) bond motifs is 8. The van der Waals surface area contributed by atoms with Crippen molar-refractivity contribution in [2.75, 3.05) is 19.6 Å². The van der Waals surface area contributed by atoms with Gasteiger partial charge in [0.15, 0.2) is 0 Å². The van der Waals surface area contributed by atoms with E-state index in [1.165, 1.54) is 12.5 Å². The van der Waals surface area contributed by atoms with Crippen molar-refractivity contribution in [1.82, 2.24) is 19.1 Å². The molecule has 0 spiro atoms. The molecule has 0 saturated heterocycles. The van der Waals surface area contributed by atoms with E-state index in [1.54, 1.807) is 25.4 Å². The van der Waals surface area contributed by atoms with E-state index >= 15 is 0 Å².